The van der Waals surface area contributed by atoms with Crippen LogP contribution < -0.4 is 5.32 Å². The molecule has 0 aromatic carbocycles. The fourth-order valence-corrected chi connectivity index (χ4v) is 7.89. The van der Waals surface area contributed by atoms with Crippen LogP contribution in [0.4, 0.5) is 4.79 Å². The fourth-order valence-electron chi connectivity index (χ4n) is 7.89. The van der Waals surface area contributed by atoms with Gasteiger partial charge < -0.3 is 24.6 Å². The summed E-state index contributed by atoms with van der Waals surface area (Å²) in [6, 6.07) is 4.35. The Labute approximate surface area is 227 Å². The van der Waals surface area contributed by atoms with E-state index in [9.17, 15) is 14.4 Å². The lowest BCUT2D eigenvalue weighted by Gasteiger charge is -2.64. The zero-order valence-corrected chi connectivity index (χ0v) is 23.2. The molecule has 4 atom stereocenters. The number of likely N-dealkylation sites (tertiary alicyclic amines) is 2. The van der Waals surface area contributed by atoms with Crippen LogP contribution in [0, 0.1) is 34.5 Å². The summed E-state index contributed by atoms with van der Waals surface area (Å²) in [5.41, 5.74) is -0.0196. The molecule has 0 aromatic heterocycles. The number of nitriles is 2. The van der Waals surface area contributed by atoms with E-state index in [0.29, 0.717) is 24.9 Å². The average molecular weight is 529 g/mol. The van der Waals surface area contributed by atoms with Gasteiger partial charge in [0.2, 0.25) is 6.41 Å². The second kappa shape index (κ2) is 13.4. The third-order valence-corrected chi connectivity index (χ3v) is 9.12. The Kier molecular flexibility index (Phi) is 10.5. The summed E-state index contributed by atoms with van der Waals surface area (Å²) in [7, 11) is 3.47. The molecule has 2 amide bonds. The standard InChI is InChI=1S/C16H26N2O3.C6H8N2O.C6H10N2/c1-3-18(14(20)21-2)16-9-12-6-13(10-16)8-15(7-12,11-16)17-4-5-19;7-4-6-2-1-3-8(6)5-9;1-8-4-2-3-6(8)5-7/h5,12-13,17H,3-4,6-11H2,1-2H3;5-6H,1-3H2;6H,2-4H2,1H3. The van der Waals surface area contributed by atoms with E-state index < -0.39 is 0 Å². The summed E-state index contributed by atoms with van der Waals surface area (Å²) in [5, 5.41) is 20.4. The highest BCUT2D eigenvalue weighted by Gasteiger charge is 2.60. The normalized spacial score (nSPS) is 34.6. The number of nitrogens with zero attached hydrogens (tertiary/aromatic N) is 5. The monoisotopic (exact) mass is 528 g/mol. The molecular formula is C28H44N6O4. The lowest BCUT2D eigenvalue weighted by molar-refractivity contribution is -0.118. The molecule has 4 aliphatic carbocycles. The quantitative estimate of drug-likeness (QED) is 0.521. The second-order valence-corrected chi connectivity index (χ2v) is 11.6. The van der Waals surface area contributed by atoms with Crippen molar-refractivity contribution in [2.24, 2.45) is 11.8 Å². The van der Waals surface area contributed by atoms with Gasteiger partial charge in [-0.3, -0.25) is 9.69 Å². The van der Waals surface area contributed by atoms with Crippen molar-refractivity contribution < 1.29 is 19.1 Å². The van der Waals surface area contributed by atoms with E-state index in [4.69, 9.17) is 15.3 Å². The van der Waals surface area contributed by atoms with Gasteiger partial charge in [-0.25, -0.2) is 4.79 Å². The Bertz CT molecular complexity index is 900. The van der Waals surface area contributed by atoms with E-state index in [2.05, 4.69) is 22.4 Å². The number of hydrogen-bond donors (Lipinski definition) is 1. The van der Waals surface area contributed by atoms with Crippen molar-refractivity contribution in [2.45, 2.75) is 94.3 Å². The predicted octanol–water partition coefficient (Wildman–Crippen LogP) is 2.69. The molecule has 4 bridgehead atoms. The van der Waals surface area contributed by atoms with Crippen LogP contribution >= 0.6 is 0 Å². The average Bonchev–Trinajstić information content (AvgIpc) is 3.55. The molecule has 6 aliphatic rings. The van der Waals surface area contributed by atoms with Gasteiger partial charge in [-0.2, -0.15) is 10.5 Å². The summed E-state index contributed by atoms with van der Waals surface area (Å²) >= 11 is 0. The lowest BCUT2D eigenvalue weighted by atomic mass is 9.49. The minimum Gasteiger partial charge on any atom is -0.453 e. The maximum absolute atomic E-state index is 12.2. The van der Waals surface area contributed by atoms with Crippen molar-refractivity contribution in [1.29, 1.82) is 10.5 Å². The van der Waals surface area contributed by atoms with E-state index in [1.54, 1.807) is 4.90 Å². The van der Waals surface area contributed by atoms with Crippen LogP contribution in [-0.4, -0.2) is 97.0 Å². The van der Waals surface area contributed by atoms with Gasteiger partial charge in [0.05, 0.1) is 31.8 Å². The van der Waals surface area contributed by atoms with Crippen molar-refractivity contribution in [1.82, 2.24) is 20.0 Å². The van der Waals surface area contributed by atoms with Gasteiger partial charge >= 0.3 is 6.09 Å². The van der Waals surface area contributed by atoms with Gasteiger partial charge in [0.1, 0.15) is 12.3 Å². The Hall–Kier alpha value is -2.69. The van der Waals surface area contributed by atoms with E-state index in [0.717, 1.165) is 77.2 Å². The number of methoxy groups -OCH3 is 1. The molecule has 0 radical (unpaired) electrons. The first-order valence-corrected chi connectivity index (χ1v) is 14.0. The number of ether oxygens (including phenoxy) is 1. The minimum atomic E-state index is -0.204. The molecule has 10 nitrogen and oxygen atoms in total. The molecule has 38 heavy (non-hydrogen) atoms. The van der Waals surface area contributed by atoms with Crippen LogP contribution in [0.1, 0.15) is 71.1 Å². The molecular weight excluding hydrogens is 484 g/mol. The summed E-state index contributed by atoms with van der Waals surface area (Å²) < 4.78 is 5.02. The van der Waals surface area contributed by atoms with Crippen molar-refractivity contribution in [3.05, 3.63) is 0 Å². The maximum atomic E-state index is 12.2. The van der Waals surface area contributed by atoms with Crippen molar-refractivity contribution in [2.75, 3.05) is 40.3 Å². The topological polar surface area (TPSA) is 130 Å². The molecule has 1 N–H and O–H groups in total. The number of amides is 2. The SMILES string of the molecule is CCN(C(=O)OC)C12CC3CC(CC(NCC=O)(C3)C1)C2.CN1CCCC1C#N.N#CC1CCCN1C=O. The summed E-state index contributed by atoms with van der Waals surface area (Å²) in [4.78, 5) is 38.7. The first kappa shape index (κ1) is 29.9. The van der Waals surface area contributed by atoms with Crippen LogP contribution in [0.15, 0.2) is 0 Å². The Morgan fingerprint density at radius 1 is 1.08 bits per heavy atom. The highest BCUT2D eigenvalue weighted by Crippen LogP contribution is 2.59. The third-order valence-electron chi connectivity index (χ3n) is 9.12. The predicted molar refractivity (Wildman–Crippen MR) is 142 cm³/mol. The summed E-state index contributed by atoms with van der Waals surface area (Å²) in [6.07, 6.45) is 12.3. The van der Waals surface area contributed by atoms with Crippen LogP contribution in [-0.2, 0) is 14.3 Å². The number of carbonyl (C=O) groups is 3. The number of aldehydes is 1. The highest BCUT2D eigenvalue weighted by atomic mass is 16.5. The van der Waals surface area contributed by atoms with E-state index in [1.807, 2.05) is 18.9 Å². The lowest BCUT2D eigenvalue weighted by Crippen LogP contribution is -2.70. The van der Waals surface area contributed by atoms with E-state index in [1.165, 1.54) is 20.0 Å². The summed E-state index contributed by atoms with van der Waals surface area (Å²) in [5.74, 6) is 1.34. The van der Waals surface area contributed by atoms with E-state index >= 15 is 0 Å². The smallest absolute Gasteiger partial charge is 0.409 e. The van der Waals surface area contributed by atoms with Gasteiger partial charge in [-0.05, 0) is 96.6 Å². The molecule has 6 fully saturated rings. The molecule has 6 rings (SSSR count). The molecule has 2 aliphatic heterocycles. The van der Waals surface area contributed by atoms with Crippen molar-refractivity contribution in [3.8, 4) is 12.1 Å². The first-order chi connectivity index (χ1) is 18.3. The van der Waals surface area contributed by atoms with Crippen LogP contribution in [0.25, 0.3) is 0 Å². The van der Waals surface area contributed by atoms with Crippen LogP contribution in [0.3, 0.4) is 0 Å². The zero-order chi connectivity index (χ0) is 27.8. The van der Waals surface area contributed by atoms with Gasteiger partial charge in [0.15, 0.2) is 0 Å². The van der Waals surface area contributed by atoms with Crippen molar-refractivity contribution in [3.63, 3.8) is 0 Å². The van der Waals surface area contributed by atoms with Gasteiger partial charge in [-0.15, -0.1) is 0 Å². The molecule has 0 spiro atoms. The van der Waals surface area contributed by atoms with E-state index in [-0.39, 0.29) is 29.3 Å². The molecule has 4 saturated carbocycles. The number of nitrogens with one attached hydrogen (secondary N) is 1. The number of carbonyl (C=O) groups excluding carboxylic acids is 3. The van der Waals surface area contributed by atoms with Gasteiger partial charge in [0.25, 0.3) is 0 Å². The fraction of sp³-hybridized carbons (Fsp3) is 0.821. The van der Waals surface area contributed by atoms with Crippen molar-refractivity contribution >= 4 is 18.8 Å². The molecule has 2 saturated heterocycles. The molecule has 4 unspecified atom stereocenters. The highest BCUT2D eigenvalue weighted by molar-refractivity contribution is 5.68. The molecule has 210 valence electrons. The maximum Gasteiger partial charge on any atom is 0.409 e. The Morgan fingerprint density at radius 2 is 1.71 bits per heavy atom. The Morgan fingerprint density at radius 3 is 2.16 bits per heavy atom. The summed E-state index contributed by atoms with van der Waals surface area (Å²) in [6.45, 7) is 4.98. The molecule has 10 heteroatoms. The first-order valence-electron chi connectivity index (χ1n) is 14.0. The largest absolute Gasteiger partial charge is 0.453 e. The molecule has 0 aromatic rings. The number of rotatable bonds is 6. The van der Waals surface area contributed by atoms with Gasteiger partial charge in [0, 0.05) is 24.2 Å². The zero-order valence-electron chi connectivity index (χ0n) is 23.2. The number of hydrogen-bond acceptors (Lipinski definition) is 8. The van der Waals surface area contributed by atoms with Gasteiger partial charge in [-0.1, -0.05) is 0 Å². The second-order valence-electron chi connectivity index (χ2n) is 11.6. The third kappa shape index (κ3) is 6.65. The Balaban J connectivity index is 0.000000193. The van der Waals surface area contributed by atoms with Crippen LogP contribution in [0.2, 0.25) is 0 Å². The molecule has 2 heterocycles. The minimum absolute atomic E-state index is 0.0481. The van der Waals surface area contributed by atoms with Crippen LogP contribution in [0.5, 0.6) is 0 Å².